The Bertz CT molecular complexity index is 2130. The van der Waals surface area contributed by atoms with Crippen LogP contribution in [0, 0.1) is 0 Å². The van der Waals surface area contributed by atoms with Crippen molar-refractivity contribution in [3.63, 3.8) is 0 Å². The third-order valence-corrected chi connectivity index (χ3v) is 9.27. The molecule has 0 fully saturated rings. The summed E-state index contributed by atoms with van der Waals surface area (Å²) in [5.74, 6) is 1.77. The molecule has 3 heteroatoms. The van der Waals surface area contributed by atoms with Gasteiger partial charge in [0, 0.05) is 39.6 Å². The summed E-state index contributed by atoms with van der Waals surface area (Å²) in [4.78, 5) is 2.34. The van der Waals surface area contributed by atoms with Crippen molar-refractivity contribution in [3.05, 3.63) is 198 Å². The van der Waals surface area contributed by atoms with Gasteiger partial charge in [-0.25, -0.2) is 0 Å². The van der Waals surface area contributed by atoms with Crippen LogP contribution in [0.1, 0.15) is 22.3 Å². The van der Waals surface area contributed by atoms with E-state index in [-0.39, 0.29) is 0 Å². The predicted octanol–water partition coefficient (Wildman–Crippen LogP) is 11.4. The first kappa shape index (κ1) is 26.4. The van der Waals surface area contributed by atoms with Crippen LogP contribution in [0.4, 0.5) is 28.4 Å². The largest absolute Gasteiger partial charge is 0.457 e. The van der Waals surface area contributed by atoms with Gasteiger partial charge in [0.2, 0.25) is 0 Å². The number of rotatable bonds is 5. The van der Waals surface area contributed by atoms with Crippen LogP contribution in [-0.4, -0.2) is 0 Å². The highest BCUT2D eigenvalue weighted by atomic mass is 16.5. The Kier molecular flexibility index (Phi) is 6.04. The number of fused-ring (bicyclic) bond motifs is 9. The lowest BCUT2D eigenvalue weighted by atomic mass is 9.66. The van der Waals surface area contributed by atoms with Crippen LogP contribution in [-0.2, 0) is 5.41 Å². The molecule has 3 nitrogen and oxygen atoms in total. The third-order valence-electron chi connectivity index (χ3n) is 9.27. The lowest BCUT2D eigenvalue weighted by Crippen LogP contribution is -2.32. The first-order valence-electron chi connectivity index (χ1n) is 15.7. The van der Waals surface area contributed by atoms with E-state index in [1.807, 2.05) is 6.07 Å². The van der Waals surface area contributed by atoms with E-state index in [9.17, 15) is 0 Å². The van der Waals surface area contributed by atoms with Crippen LogP contribution in [0.2, 0.25) is 0 Å². The fourth-order valence-corrected chi connectivity index (χ4v) is 7.39. The van der Waals surface area contributed by atoms with Crippen LogP contribution in [0.15, 0.2) is 176 Å². The summed E-state index contributed by atoms with van der Waals surface area (Å²) in [7, 11) is 0. The maximum Gasteiger partial charge on any atom is 0.132 e. The molecular weight excluding hydrogens is 560 g/mol. The van der Waals surface area contributed by atoms with E-state index >= 15 is 0 Å². The normalized spacial score (nSPS) is 13.1. The summed E-state index contributed by atoms with van der Waals surface area (Å²) in [6.07, 6.45) is 0. The number of nitrogens with zero attached hydrogens (tertiary/aromatic N) is 1. The van der Waals surface area contributed by atoms with Gasteiger partial charge >= 0.3 is 0 Å². The predicted molar refractivity (Wildman–Crippen MR) is 188 cm³/mol. The van der Waals surface area contributed by atoms with Gasteiger partial charge in [0.25, 0.3) is 0 Å². The number of para-hydroxylation sites is 5. The van der Waals surface area contributed by atoms with Gasteiger partial charge in [-0.15, -0.1) is 0 Å². The second kappa shape index (κ2) is 10.5. The number of ether oxygens (including phenoxy) is 1. The summed E-state index contributed by atoms with van der Waals surface area (Å²) >= 11 is 0. The van der Waals surface area contributed by atoms with Gasteiger partial charge in [-0.3, -0.25) is 0 Å². The molecule has 7 aromatic carbocycles. The van der Waals surface area contributed by atoms with Crippen LogP contribution >= 0.6 is 0 Å². The van der Waals surface area contributed by atoms with Crippen LogP contribution in [0.5, 0.6) is 11.5 Å². The van der Waals surface area contributed by atoms with E-state index < -0.39 is 5.41 Å². The molecule has 2 aliphatic rings. The van der Waals surface area contributed by atoms with Crippen LogP contribution in [0.25, 0.3) is 11.1 Å². The van der Waals surface area contributed by atoms with Gasteiger partial charge in [-0.1, -0.05) is 103 Å². The zero-order chi connectivity index (χ0) is 30.5. The summed E-state index contributed by atoms with van der Waals surface area (Å²) in [6, 6.07) is 62.4. The highest BCUT2D eigenvalue weighted by molar-refractivity contribution is 5.92. The second-order valence-electron chi connectivity index (χ2n) is 11.8. The van der Waals surface area contributed by atoms with Crippen molar-refractivity contribution in [3.8, 4) is 22.6 Å². The minimum atomic E-state index is -0.584. The Morgan fingerprint density at radius 2 is 0.891 bits per heavy atom. The van der Waals surface area contributed by atoms with Crippen LogP contribution in [0.3, 0.4) is 0 Å². The second-order valence-corrected chi connectivity index (χ2v) is 11.8. The molecule has 218 valence electrons. The van der Waals surface area contributed by atoms with Gasteiger partial charge in [0.15, 0.2) is 0 Å². The molecule has 1 aliphatic carbocycles. The summed E-state index contributed by atoms with van der Waals surface area (Å²) in [5.41, 5.74) is 12.1. The van der Waals surface area contributed by atoms with E-state index in [2.05, 4.69) is 180 Å². The highest BCUT2D eigenvalue weighted by Crippen LogP contribution is 2.63. The molecule has 46 heavy (non-hydrogen) atoms. The monoisotopic (exact) mass is 590 g/mol. The number of anilines is 5. The molecule has 0 radical (unpaired) electrons. The molecule has 9 rings (SSSR count). The van der Waals surface area contributed by atoms with Gasteiger partial charge < -0.3 is 15.0 Å². The first-order valence-corrected chi connectivity index (χ1v) is 15.7. The smallest absolute Gasteiger partial charge is 0.132 e. The van der Waals surface area contributed by atoms with E-state index in [0.29, 0.717) is 0 Å². The number of nitrogens with one attached hydrogen (secondary N) is 1. The van der Waals surface area contributed by atoms with E-state index in [4.69, 9.17) is 4.74 Å². The topological polar surface area (TPSA) is 24.5 Å². The van der Waals surface area contributed by atoms with Crippen molar-refractivity contribution < 1.29 is 4.74 Å². The molecule has 1 N–H and O–H groups in total. The van der Waals surface area contributed by atoms with E-state index in [0.717, 1.165) is 51.1 Å². The lowest BCUT2D eigenvalue weighted by Gasteiger charge is -2.39. The van der Waals surface area contributed by atoms with Gasteiger partial charge in [0.1, 0.15) is 11.5 Å². The Hall–Kier alpha value is -6.06. The van der Waals surface area contributed by atoms with Crippen molar-refractivity contribution >= 4 is 28.4 Å². The van der Waals surface area contributed by atoms with Gasteiger partial charge in [-0.05, 0) is 95.1 Å². The average molecular weight is 591 g/mol. The van der Waals surface area contributed by atoms with Crippen molar-refractivity contribution in [2.24, 2.45) is 0 Å². The van der Waals surface area contributed by atoms with Crippen molar-refractivity contribution in [1.29, 1.82) is 0 Å². The molecule has 7 aromatic rings. The standard InChI is InChI=1S/C43H30N2O/c1-4-14-30(15-5-1)44-31-24-26-35-36-27-25-34(45(32-16-6-2-7-17-32)33-18-8-3-9-19-33)29-40(36)43(39(35)28-31)37-20-10-12-22-41(37)46-42-23-13-11-21-38(42)43/h1-29,44H. The fourth-order valence-electron chi connectivity index (χ4n) is 7.39. The first-order chi connectivity index (χ1) is 22.8. The number of hydrogen-bond acceptors (Lipinski definition) is 3. The maximum absolute atomic E-state index is 6.61. The summed E-state index contributed by atoms with van der Waals surface area (Å²) in [5, 5.41) is 3.66. The minimum Gasteiger partial charge on any atom is -0.457 e. The Morgan fingerprint density at radius 1 is 0.391 bits per heavy atom. The SMILES string of the molecule is c1ccc(Nc2ccc3c(c2)C2(c4ccccc4Oc4ccccc42)c2cc(N(c4ccccc4)c4ccccc4)ccc2-3)cc1. The quantitative estimate of drug-likeness (QED) is 0.216. The summed E-state index contributed by atoms with van der Waals surface area (Å²) < 4.78 is 6.61. The molecule has 0 amide bonds. The van der Waals surface area contributed by atoms with Crippen molar-refractivity contribution in [2.75, 3.05) is 10.2 Å². The molecule has 0 saturated carbocycles. The Balaban J connectivity index is 1.33. The van der Waals surface area contributed by atoms with E-state index in [1.54, 1.807) is 0 Å². The summed E-state index contributed by atoms with van der Waals surface area (Å²) in [6.45, 7) is 0. The molecule has 0 bridgehead atoms. The molecule has 0 saturated heterocycles. The molecule has 1 spiro atoms. The van der Waals surface area contributed by atoms with Crippen molar-refractivity contribution in [2.45, 2.75) is 5.41 Å². The Morgan fingerprint density at radius 3 is 1.50 bits per heavy atom. The zero-order valence-corrected chi connectivity index (χ0v) is 25.1. The Labute approximate surface area is 269 Å². The maximum atomic E-state index is 6.61. The fraction of sp³-hybridized carbons (Fsp3) is 0.0233. The average Bonchev–Trinajstić information content (AvgIpc) is 3.39. The molecule has 0 unspecified atom stereocenters. The lowest BCUT2D eigenvalue weighted by molar-refractivity contribution is 0.436. The highest BCUT2D eigenvalue weighted by Gasteiger charge is 2.51. The molecular formula is C43H30N2O. The number of hydrogen-bond donors (Lipinski definition) is 1. The molecule has 1 aliphatic heterocycles. The zero-order valence-electron chi connectivity index (χ0n) is 25.1. The molecule has 1 heterocycles. The molecule has 0 aromatic heterocycles. The van der Waals surface area contributed by atoms with Gasteiger partial charge in [-0.2, -0.15) is 0 Å². The van der Waals surface area contributed by atoms with Crippen LogP contribution < -0.4 is 15.0 Å². The number of benzene rings is 7. The van der Waals surface area contributed by atoms with E-state index in [1.165, 1.54) is 22.3 Å². The minimum absolute atomic E-state index is 0.584. The third kappa shape index (κ3) is 3.99. The molecule has 0 atom stereocenters. The van der Waals surface area contributed by atoms with Gasteiger partial charge in [0.05, 0.1) is 5.41 Å². The van der Waals surface area contributed by atoms with Crippen molar-refractivity contribution in [1.82, 2.24) is 0 Å².